The summed E-state index contributed by atoms with van der Waals surface area (Å²) < 4.78 is 5.44. The highest BCUT2D eigenvalue weighted by Gasteiger charge is 2.23. The zero-order valence-corrected chi connectivity index (χ0v) is 11.1. The Hall–Kier alpha value is -1.95. The van der Waals surface area contributed by atoms with Gasteiger partial charge in [-0.15, -0.1) is 10.2 Å². The van der Waals surface area contributed by atoms with E-state index in [-0.39, 0.29) is 6.04 Å². The van der Waals surface area contributed by atoms with E-state index in [9.17, 15) is 0 Å². The van der Waals surface area contributed by atoms with Gasteiger partial charge in [-0.2, -0.15) is 4.80 Å². The smallest absolute Gasteiger partial charge is 0.176 e. The average molecular weight is 259 g/mol. The first-order valence-electron chi connectivity index (χ1n) is 6.40. The number of ether oxygens (including phenoxy) is 1. The molecule has 0 bridgehead atoms. The SMILES string of the molecule is COc1cccc2c1CCNC2Cc1nnn(C)n1. The normalized spacial score (nSPS) is 18.1. The maximum absolute atomic E-state index is 5.44. The monoisotopic (exact) mass is 259 g/mol. The molecule has 1 atom stereocenters. The van der Waals surface area contributed by atoms with E-state index in [0.29, 0.717) is 0 Å². The second-order valence-corrected chi connectivity index (χ2v) is 4.68. The molecule has 0 spiro atoms. The van der Waals surface area contributed by atoms with Gasteiger partial charge >= 0.3 is 0 Å². The molecule has 2 heterocycles. The van der Waals surface area contributed by atoms with Gasteiger partial charge in [-0.3, -0.25) is 0 Å². The zero-order chi connectivity index (χ0) is 13.2. The van der Waals surface area contributed by atoms with Crippen LogP contribution < -0.4 is 10.1 Å². The van der Waals surface area contributed by atoms with Crippen molar-refractivity contribution in [3.63, 3.8) is 0 Å². The highest BCUT2D eigenvalue weighted by Crippen LogP contribution is 2.31. The fourth-order valence-electron chi connectivity index (χ4n) is 2.62. The van der Waals surface area contributed by atoms with E-state index < -0.39 is 0 Å². The Morgan fingerprint density at radius 2 is 2.37 bits per heavy atom. The van der Waals surface area contributed by atoms with E-state index in [1.807, 2.05) is 12.1 Å². The van der Waals surface area contributed by atoms with Gasteiger partial charge in [-0.25, -0.2) is 0 Å². The molecule has 0 radical (unpaired) electrons. The molecule has 1 aliphatic heterocycles. The van der Waals surface area contributed by atoms with Gasteiger partial charge in [0.05, 0.1) is 14.2 Å². The third-order valence-corrected chi connectivity index (χ3v) is 3.47. The molecule has 0 aliphatic carbocycles. The molecule has 0 saturated heterocycles. The summed E-state index contributed by atoms with van der Waals surface area (Å²) in [6.07, 6.45) is 1.73. The number of benzene rings is 1. The number of aryl methyl sites for hydroxylation is 1. The van der Waals surface area contributed by atoms with Gasteiger partial charge in [-0.05, 0) is 29.8 Å². The molecule has 1 aromatic heterocycles. The van der Waals surface area contributed by atoms with Crippen LogP contribution in [-0.2, 0) is 19.9 Å². The minimum absolute atomic E-state index is 0.225. The van der Waals surface area contributed by atoms with Crippen molar-refractivity contribution in [1.29, 1.82) is 0 Å². The van der Waals surface area contributed by atoms with Crippen molar-refractivity contribution in [2.45, 2.75) is 18.9 Å². The topological polar surface area (TPSA) is 64.9 Å². The van der Waals surface area contributed by atoms with Gasteiger partial charge in [0.15, 0.2) is 5.82 Å². The highest BCUT2D eigenvalue weighted by atomic mass is 16.5. The molecule has 1 N–H and O–H groups in total. The Bertz CT molecular complexity index is 580. The lowest BCUT2D eigenvalue weighted by molar-refractivity contribution is 0.399. The maximum Gasteiger partial charge on any atom is 0.176 e. The highest BCUT2D eigenvalue weighted by molar-refractivity contribution is 5.43. The van der Waals surface area contributed by atoms with Crippen molar-refractivity contribution in [2.24, 2.45) is 7.05 Å². The summed E-state index contributed by atoms with van der Waals surface area (Å²) in [4.78, 5) is 1.49. The predicted octanol–water partition coefficient (Wildman–Crippen LogP) is 0.648. The van der Waals surface area contributed by atoms with E-state index in [4.69, 9.17) is 4.74 Å². The lowest BCUT2D eigenvalue weighted by Crippen LogP contribution is -2.31. The van der Waals surface area contributed by atoms with Gasteiger partial charge in [0.2, 0.25) is 0 Å². The van der Waals surface area contributed by atoms with Crippen LogP contribution in [-0.4, -0.2) is 33.9 Å². The molecule has 3 rings (SSSR count). The molecule has 1 aliphatic rings. The molecule has 1 aromatic carbocycles. The van der Waals surface area contributed by atoms with Crippen LogP contribution in [0.3, 0.4) is 0 Å². The van der Waals surface area contributed by atoms with Crippen LogP contribution in [0.4, 0.5) is 0 Å². The Kier molecular flexibility index (Phi) is 3.16. The zero-order valence-electron chi connectivity index (χ0n) is 11.1. The number of fused-ring (bicyclic) bond motifs is 1. The Balaban J connectivity index is 1.90. The van der Waals surface area contributed by atoms with Crippen molar-refractivity contribution in [3.8, 4) is 5.75 Å². The largest absolute Gasteiger partial charge is 0.496 e. The van der Waals surface area contributed by atoms with Crippen molar-refractivity contribution >= 4 is 0 Å². The lowest BCUT2D eigenvalue weighted by Gasteiger charge is -2.27. The number of hydrogen-bond acceptors (Lipinski definition) is 5. The van der Waals surface area contributed by atoms with Gasteiger partial charge in [0, 0.05) is 18.0 Å². The molecule has 19 heavy (non-hydrogen) atoms. The second-order valence-electron chi connectivity index (χ2n) is 4.68. The van der Waals surface area contributed by atoms with Gasteiger partial charge in [-0.1, -0.05) is 12.1 Å². The van der Waals surface area contributed by atoms with Crippen LogP contribution in [0, 0.1) is 0 Å². The number of nitrogens with zero attached hydrogens (tertiary/aromatic N) is 4. The van der Waals surface area contributed by atoms with Crippen molar-refractivity contribution < 1.29 is 4.74 Å². The Morgan fingerprint density at radius 1 is 1.47 bits per heavy atom. The first kappa shape index (κ1) is 12.1. The van der Waals surface area contributed by atoms with Crippen LogP contribution in [0.5, 0.6) is 5.75 Å². The predicted molar refractivity (Wildman–Crippen MR) is 69.9 cm³/mol. The summed E-state index contributed by atoms with van der Waals surface area (Å²) in [6, 6.07) is 6.41. The van der Waals surface area contributed by atoms with Crippen LogP contribution in [0.2, 0.25) is 0 Å². The van der Waals surface area contributed by atoms with Gasteiger partial charge in [0.25, 0.3) is 0 Å². The number of methoxy groups -OCH3 is 1. The van der Waals surface area contributed by atoms with E-state index in [0.717, 1.165) is 31.0 Å². The van der Waals surface area contributed by atoms with Crippen LogP contribution in [0.15, 0.2) is 18.2 Å². The number of nitrogens with one attached hydrogen (secondary N) is 1. The molecule has 1 unspecified atom stereocenters. The van der Waals surface area contributed by atoms with Crippen LogP contribution in [0.25, 0.3) is 0 Å². The standard InChI is InChI=1S/C13H17N5O/c1-18-16-13(15-17-18)8-11-9-4-3-5-12(19-2)10(9)6-7-14-11/h3-5,11,14H,6-8H2,1-2H3. The Labute approximate surface area is 111 Å². The first-order chi connectivity index (χ1) is 9.28. The maximum atomic E-state index is 5.44. The molecular formula is C13H17N5O. The van der Waals surface area contributed by atoms with Crippen molar-refractivity contribution in [1.82, 2.24) is 25.5 Å². The summed E-state index contributed by atoms with van der Waals surface area (Å²) >= 11 is 0. The quantitative estimate of drug-likeness (QED) is 0.876. The molecular weight excluding hydrogens is 242 g/mol. The van der Waals surface area contributed by atoms with Gasteiger partial charge in [0.1, 0.15) is 5.75 Å². The van der Waals surface area contributed by atoms with E-state index in [2.05, 4.69) is 26.8 Å². The van der Waals surface area contributed by atoms with E-state index >= 15 is 0 Å². The van der Waals surface area contributed by atoms with Crippen molar-refractivity contribution in [3.05, 3.63) is 35.2 Å². The molecule has 6 heteroatoms. The molecule has 100 valence electrons. The molecule has 0 saturated carbocycles. The summed E-state index contributed by atoms with van der Waals surface area (Å²) in [5, 5.41) is 15.7. The van der Waals surface area contributed by atoms with E-state index in [1.54, 1.807) is 14.2 Å². The van der Waals surface area contributed by atoms with E-state index in [1.165, 1.54) is 15.9 Å². The number of tetrazole rings is 1. The lowest BCUT2D eigenvalue weighted by atomic mass is 9.91. The van der Waals surface area contributed by atoms with Crippen molar-refractivity contribution in [2.75, 3.05) is 13.7 Å². The summed E-state index contributed by atoms with van der Waals surface area (Å²) in [7, 11) is 3.50. The number of hydrogen-bond donors (Lipinski definition) is 1. The first-order valence-corrected chi connectivity index (χ1v) is 6.40. The molecule has 0 amide bonds. The summed E-state index contributed by atoms with van der Waals surface area (Å²) in [5.41, 5.74) is 2.57. The van der Waals surface area contributed by atoms with Crippen LogP contribution in [0.1, 0.15) is 23.0 Å². The minimum atomic E-state index is 0.225. The van der Waals surface area contributed by atoms with Crippen LogP contribution >= 0.6 is 0 Å². The fourth-order valence-corrected chi connectivity index (χ4v) is 2.62. The molecule has 0 fully saturated rings. The second kappa shape index (κ2) is 4.97. The summed E-state index contributed by atoms with van der Waals surface area (Å²) in [5.74, 6) is 1.73. The van der Waals surface area contributed by atoms with Gasteiger partial charge < -0.3 is 10.1 Å². The number of rotatable bonds is 3. The number of aromatic nitrogens is 4. The summed E-state index contributed by atoms with van der Waals surface area (Å²) in [6.45, 7) is 0.943. The molecule has 2 aromatic rings. The average Bonchev–Trinajstić information content (AvgIpc) is 2.84. The molecule has 6 nitrogen and oxygen atoms in total. The third kappa shape index (κ3) is 2.31. The Morgan fingerprint density at radius 3 is 3.11 bits per heavy atom. The minimum Gasteiger partial charge on any atom is -0.496 e. The fraction of sp³-hybridized carbons (Fsp3) is 0.462. The third-order valence-electron chi connectivity index (χ3n) is 3.47.